The zero-order valence-electron chi connectivity index (χ0n) is 16.5. The molecule has 160 valence electrons. The normalized spacial score (nSPS) is 11.6. The van der Waals surface area contributed by atoms with Gasteiger partial charge in [-0.05, 0) is 49.4 Å². The van der Waals surface area contributed by atoms with Crippen molar-refractivity contribution in [2.75, 3.05) is 23.8 Å². The second-order valence-corrected chi connectivity index (χ2v) is 6.81. The van der Waals surface area contributed by atoms with Gasteiger partial charge in [-0.15, -0.1) is 0 Å². The molecular formula is C21H19F3N6O. The summed E-state index contributed by atoms with van der Waals surface area (Å²) in [5, 5.41) is 15.1. The van der Waals surface area contributed by atoms with Crippen LogP contribution in [0.25, 0.3) is 16.9 Å². The van der Waals surface area contributed by atoms with Crippen molar-refractivity contribution < 1.29 is 18.3 Å². The Hall–Kier alpha value is -3.66. The Labute approximate surface area is 175 Å². The predicted octanol–water partition coefficient (Wildman–Crippen LogP) is 4.29. The van der Waals surface area contributed by atoms with E-state index in [1.807, 2.05) is 29.7 Å². The van der Waals surface area contributed by atoms with Crippen LogP contribution in [0.15, 0.2) is 54.9 Å². The molecule has 2 heterocycles. The van der Waals surface area contributed by atoms with Gasteiger partial charge in [0.1, 0.15) is 5.82 Å². The third kappa shape index (κ3) is 4.43. The standard InChI is InChI=1S/C21H19F3N6O/c1-13-27-17-7-6-16(26-8-9-31)10-18(17)30(13)20-12-25-11-19(29-20)28-15-4-2-14(3-5-15)21(22,23)24/h2-7,10-12,26,31H,8-9H2,1H3,(H,28,29). The molecule has 10 heteroatoms. The molecule has 0 atom stereocenters. The maximum absolute atomic E-state index is 12.8. The number of aryl methyl sites for hydroxylation is 1. The average molecular weight is 428 g/mol. The highest BCUT2D eigenvalue weighted by Gasteiger charge is 2.29. The van der Waals surface area contributed by atoms with Crippen molar-refractivity contribution in [2.24, 2.45) is 0 Å². The van der Waals surface area contributed by atoms with Gasteiger partial charge in [-0.1, -0.05) is 0 Å². The Morgan fingerprint density at radius 2 is 1.74 bits per heavy atom. The molecule has 0 spiro atoms. The lowest BCUT2D eigenvalue weighted by atomic mass is 10.2. The van der Waals surface area contributed by atoms with Crippen LogP contribution < -0.4 is 10.6 Å². The molecule has 0 aliphatic heterocycles. The molecule has 0 amide bonds. The minimum Gasteiger partial charge on any atom is -0.395 e. The minimum absolute atomic E-state index is 0.0134. The molecule has 7 nitrogen and oxygen atoms in total. The minimum atomic E-state index is -4.39. The number of fused-ring (bicyclic) bond motifs is 1. The maximum Gasteiger partial charge on any atom is 0.416 e. The lowest BCUT2D eigenvalue weighted by molar-refractivity contribution is -0.137. The molecule has 0 saturated carbocycles. The van der Waals surface area contributed by atoms with Crippen LogP contribution >= 0.6 is 0 Å². The van der Waals surface area contributed by atoms with Gasteiger partial charge < -0.3 is 15.7 Å². The summed E-state index contributed by atoms with van der Waals surface area (Å²) in [4.78, 5) is 13.3. The summed E-state index contributed by atoms with van der Waals surface area (Å²) < 4.78 is 40.1. The lowest BCUT2D eigenvalue weighted by Crippen LogP contribution is -2.06. The van der Waals surface area contributed by atoms with Crippen molar-refractivity contribution in [3.05, 3.63) is 66.2 Å². The van der Waals surface area contributed by atoms with E-state index >= 15 is 0 Å². The monoisotopic (exact) mass is 428 g/mol. The van der Waals surface area contributed by atoms with E-state index in [4.69, 9.17) is 5.11 Å². The third-order valence-corrected chi connectivity index (χ3v) is 4.60. The first-order valence-corrected chi connectivity index (χ1v) is 9.46. The fraction of sp³-hybridized carbons (Fsp3) is 0.190. The SMILES string of the molecule is Cc1nc2ccc(NCCO)cc2n1-c1cncc(Nc2ccc(C(F)(F)F)cc2)n1. The van der Waals surface area contributed by atoms with E-state index in [1.54, 1.807) is 6.20 Å². The largest absolute Gasteiger partial charge is 0.416 e. The molecule has 2 aromatic carbocycles. The predicted molar refractivity (Wildman–Crippen MR) is 112 cm³/mol. The summed E-state index contributed by atoms with van der Waals surface area (Å²) in [5.74, 6) is 1.60. The molecule has 31 heavy (non-hydrogen) atoms. The van der Waals surface area contributed by atoms with Gasteiger partial charge in [0.05, 0.1) is 35.6 Å². The second kappa shape index (κ2) is 8.23. The van der Waals surface area contributed by atoms with Crippen molar-refractivity contribution in [1.82, 2.24) is 19.5 Å². The number of halogens is 3. The Morgan fingerprint density at radius 1 is 1.00 bits per heavy atom. The molecular weight excluding hydrogens is 409 g/mol. The van der Waals surface area contributed by atoms with Crippen molar-refractivity contribution in [3.63, 3.8) is 0 Å². The molecule has 0 fully saturated rings. The molecule has 0 aliphatic rings. The average Bonchev–Trinajstić information content (AvgIpc) is 3.07. The smallest absolute Gasteiger partial charge is 0.395 e. The van der Waals surface area contributed by atoms with Crippen LogP contribution in [0.4, 0.5) is 30.4 Å². The van der Waals surface area contributed by atoms with Crippen molar-refractivity contribution in [3.8, 4) is 5.82 Å². The summed E-state index contributed by atoms with van der Waals surface area (Å²) in [6.07, 6.45) is -1.31. The number of aliphatic hydroxyl groups is 1. The molecule has 4 aromatic rings. The lowest BCUT2D eigenvalue weighted by Gasteiger charge is -2.11. The number of nitrogens with one attached hydrogen (secondary N) is 2. The molecule has 3 N–H and O–H groups in total. The van der Waals surface area contributed by atoms with Gasteiger partial charge in [0.25, 0.3) is 0 Å². The van der Waals surface area contributed by atoms with Crippen LogP contribution in [0, 0.1) is 6.92 Å². The Kier molecular flexibility index (Phi) is 5.47. The van der Waals surface area contributed by atoms with E-state index in [0.717, 1.165) is 28.9 Å². The Morgan fingerprint density at radius 3 is 2.45 bits per heavy atom. The summed E-state index contributed by atoms with van der Waals surface area (Å²) in [7, 11) is 0. The zero-order chi connectivity index (χ0) is 22.0. The van der Waals surface area contributed by atoms with E-state index < -0.39 is 11.7 Å². The molecule has 0 radical (unpaired) electrons. The van der Waals surface area contributed by atoms with Crippen molar-refractivity contribution in [2.45, 2.75) is 13.1 Å². The van der Waals surface area contributed by atoms with Gasteiger partial charge in [-0.3, -0.25) is 9.55 Å². The van der Waals surface area contributed by atoms with E-state index in [2.05, 4.69) is 25.6 Å². The van der Waals surface area contributed by atoms with E-state index in [9.17, 15) is 13.2 Å². The number of hydrogen-bond acceptors (Lipinski definition) is 6. The van der Waals surface area contributed by atoms with Crippen LogP contribution in [0.1, 0.15) is 11.4 Å². The molecule has 0 bridgehead atoms. The van der Waals surface area contributed by atoms with Crippen LogP contribution in [-0.4, -0.2) is 37.8 Å². The first-order valence-electron chi connectivity index (χ1n) is 9.46. The van der Waals surface area contributed by atoms with Gasteiger partial charge in [0.2, 0.25) is 0 Å². The van der Waals surface area contributed by atoms with Crippen LogP contribution in [0.2, 0.25) is 0 Å². The molecule has 4 rings (SSSR count). The van der Waals surface area contributed by atoms with Crippen LogP contribution in [0.3, 0.4) is 0 Å². The van der Waals surface area contributed by atoms with Gasteiger partial charge in [-0.25, -0.2) is 9.97 Å². The number of aromatic nitrogens is 4. The fourth-order valence-corrected chi connectivity index (χ4v) is 3.21. The quantitative estimate of drug-likeness (QED) is 0.425. The first-order chi connectivity index (χ1) is 14.8. The number of hydrogen-bond donors (Lipinski definition) is 3. The van der Waals surface area contributed by atoms with Gasteiger partial charge in [-0.2, -0.15) is 13.2 Å². The number of nitrogens with zero attached hydrogens (tertiary/aromatic N) is 4. The van der Waals surface area contributed by atoms with Gasteiger partial charge in [0, 0.05) is 17.9 Å². The van der Waals surface area contributed by atoms with E-state index in [0.29, 0.717) is 29.7 Å². The summed E-state index contributed by atoms with van der Waals surface area (Å²) >= 11 is 0. The zero-order valence-corrected chi connectivity index (χ0v) is 16.5. The van der Waals surface area contributed by atoms with Gasteiger partial charge >= 0.3 is 6.18 Å². The van der Waals surface area contributed by atoms with Crippen LogP contribution in [-0.2, 0) is 6.18 Å². The molecule has 2 aromatic heterocycles. The third-order valence-electron chi connectivity index (χ3n) is 4.60. The maximum atomic E-state index is 12.8. The summed E-state index contributed by atoms with van der Waals surface area (Å²) in [5.41, 5.74) is 2.15. The summed E-state index contributed by atoms with van der Waals surface area (Å²) in [6.45, 7) is 2.28. The molecule has 0 saturated heterocycles. The Balaban J connectivity index is 1.65. The summed E-state index contributed by atoms with van der Waals surface area (Å²) in [6, 6.07) is 10.4. The highest BCUT2D eigenvalue weighted by Crippen LogP contribution is 2.30. The second-order valence-electron chi connectivity index (χ2n) is 6.81. The van der Waals surface area contributed by atoms with Crippen LogP contribution in [0.5, 0.6) is 0 Å². The number of imidazole rings is 1. The fourth-order valence-electron chi connectivity index (χ4n) is 3.21. The number of alkyl halides is 3. The van der Waals surface area contributed by atoms with E-state index in [-0.39, 0.29) is 6.61 Å². The van der Waals surface area contributed by atoms with Crippen molar-refractivity contribution in [1.29, 1.82) is 0 Å². The van der Waals surface area contributed by atoms with Gasteiger partial charge in [0.15, 0.2) is 11.6 Å². The topological polar surface area (TPSA) is 87.9 Å². The Bertz CT molecular complexity index is 1200. The molecule has 0 unspecified atom stereocenters. The molecule has 0 aliphatic carbocycles. The first kappa shape index (κ1) is 20.6. The van der Waals surface area contributed by atoms with Crippen molar-refractivity contribution >= 4 is 28.2 Å². The number of aliphatic hydroxyl groups excluding tert-OH is 1. The highest BCUT2D eigenvalue weighted by molar-refractivity contribution is 5.82. The number of benzene rings is 2. The van der Waals surface area contributed by atoms with E-state index in [1.165, 1.54) is 18.3 Å². The highest BCUT2D eigenvalue weighted by atomic mass is 19.4. The number of anilines is 3. The number of rotatable bonds is 6.